The van der Waals surface area contributed by atoms with Crippen LogP contribution in [0.2, 0.25) is 0 Å². The summed E-state index contributed by atoms with van der Waals surface area (Å²) < 4.78 is 10.5. The molecule has 1 aliphatic rings. The van der Waals surface area contributed by atoms with Gasteiger partial charge in [-0.05, 0) is 18.4 Å². The Kier molecular flexibility index (Phi) is 9.16. The number of hydrogen-bond acceptors (Lipinski definition) is 4. The van der Waals surface area contributed by atoms with Gasteiger partial charge in [-0.2, -0.15) is 0 Å². The summed E-state index contributed by atoms with van der Waals surface area (Å²) >= 11 is 0. The molecule has 0 unspecified atom stereocenters. The van der Waals surface area contributed by atoms with Gasteiger partial charge in [0.2, 0.25) is 0 Å². The Balaban J connectivity index is 1.84. The molecule has 27 heavy (non-hydrogen) atoms. The molecule has 0 bridgehead atoms. The highest BCUT2D eigenvalue weighted by molar-refractivity contribution is 5.85. The Bertz CT molecular complexity index is 575. The van der Waals surface area contributed by atoms with Crippen LogP contribution in [0.3, 0.4) is 0 Å². The number of unbranched alkanes of at least 4 members (excludes halogenated alkanes) is 7. The molecule has 1 fully saturated rings. The van der Waals surface area contributed by atoms with Crippen molar-refractivity contribution in [1.82, 2.24) is 4.90 Å². The lowest BCUT2D eigenvalue weighted by Gasteiger charge is -2.22. The molecule has 1 aromatic rings. The summed E-state index contributed by atoms with van der Waals surface area (Å²) in [6.45, 7) is 2.58. The molecule has 5 nitrogen and oxygen atoms in total. The van der Waals surface area contributed by atoms with Gasteiger partial charge in [-0.25, -0.2) is 9.59 Å². The number of rotatable bonds is 12. The zero-order valence-electron chi connectivity index (χ0n) is 16.7. The number of carbonyl (C=O) groups excluding carboxylic acids is 2. The van der Waals surface area contributed by atoms with Gasteiger partial charge in [0, 0.05) is 0 Å². The first-order valence-corrected chi connectivity index (χ1v) is 10.3. The zero-order chi connectivity index (χ0) is 19.5. The van der Waals surface area contributed by atoms with Crippen molar-refractivity contribution in [2.45, 2.75) is 83.4 Å². The third kappa shape index (κ3) is 6.56. The average Bonchev–Trinajstić information content (AvgIpc) is 2.99. The lowest BCUT2D eigenvalue weighted by atomic mass is 10.0. The smallest absolute Gasteiger partial charge is 0.411 e. The molecule has 0 radical (unpaired) electrons. The number of amides is 1. The largest absolute Gasteiger partial charge is 0.467 e. The number of carbonyl (C=O) groups is 2. The monoisotopic (exact) mass is 375 g/mol. The summed E-state index contributed by atoms with van der Waals surface area (Å²) in [5, 5.41) is 0. The molecule has 5 heteroatoms. The van der Waals surface area contributed by atoms with Crippen LogP contribution in [0.1, 0.15) is 70.3 Å². The van der Waals surface area contributed by atoms with Crippen LogP contribution in [0.5, 0.6) is 0 Å². The summed E-state index contributed by atoms with van der Waals surface area (Å²) in [7, 11) is 1.36. The number of esters is 1. The van der Waals surface area contributed by atoms with Crippen LogP contribution >= 0.6 is 0 Å². The highest BCUT2D eigenvalue weighted by atomic mass is 16.6. The first-order valence-electron chi connectivity index (χ1n) is 10.3. The van der Waals surface area contributed by atoms with Crippen LogP contribution in [-0.2, 0) is 20.8 Å². The van der Waals surface area contributed by atoms with Crippen molar-refractivity contribution in [3.8, 4) is 0 Å². The van der Waals surface area contributed by atoms with Gasteiger partial charge in [0.1, 0.15) is 6.10 Å². The van der Waals surface area contributed by atoms with E-state index in [0.29, 0.717) is 13.0 Å². The number of cyclic esters (lactones) is 1. The lowest BCUT2D eigenvalue weighted by molar-refractivity contribution is -0.146. The molecular weight excluding hydrogens is 342 g/mol. The van der Waals surface area contributed by atoms with Crippen LogP contribution in [0, 0.1) is 0 Å². The third-order valence-corrected chi connectivity index (χ3v) is 5.16. The van der Waals surface area contributed by atoms with Crippen molar-refractivity contribution in [3.05, 3.63) is 35.9 Å². The first-order chi connectivity index (χ1) is 13.2. The van der Waals surface area contributed by atoms with Crippen LogP contribution in [-0.4, -0.2) is 36.2 Å². The SMILES string of the molecule is CCCCCCCCCC[C@@H]1OC(=O)N(Cc2ccccc2)[C@H]1C(=O)OC. The predicted octanol–water partition coefficient (Wildman–Crippen LogP) is 5.08. The number of methoxy groups -OCH3 is 1. The van der Waals surface area contributed by atoms with Gasteiger partial charge >= 0.3 is 12.1 Å². The van der Waals surface area contributed by atoms with Gasteiger partial charge in [-0.3, -0.25) is 4.90 Å². The van der Waals surface area contributed by atoms with Gasteiger partial charge < -0.3 is 9.47 Å². The van der Waals surface area contributed by atoms with Crippen LogP contribution in [0.15, 0.2) is 30.3 Å². The summed E-state index contributed by atoms with van der Waals surface area (Å²) in [6.07, 6.45) is 9.55. The van der Waals surface area contributed by atoms with Crippen molar-refractivity contribution < 1.29 is 19.1 Å². The minimum Gasteiger partial charge on any atom is -0.467 e. The molecule has 1 aromatic carbocycles. The third-order valence-electron chi connectivity index (χ3n) is 5.16. The molecule has 2 atom stereocenters. The first kappa shape index (κ1) is 21.3. The van der Waals surface area contributed by atoms with Crippen LogP contribution < -0.4 is 0 Å². The number of benzene rings is 1. The second kappa shape index (κ2) is 11.6. The van der Waals surface area contributed by atoms with E-state index < -0.39 is 24.2 Å². The van der Waals surface area contributed by atoms with Gasteiger partial charge in [0.25, 0.3) is 0 Å². The van der Waals surface area contributed by atoms with Crippen molar-refractivity contribution in [1.29, 1.82) is 0 Å². The fourth-order valence-corrected chi connectivity index (χ4v) is 3.61. The minimum atomic E-state index is -0.660. The standard InChI is InChI=1S/C22H33NO4/c1-3-4-5-6-7-8-9-13-16-19-20(21(24)26-2)23(22(25)27-19)17-18-14-11-10-12-15-18/h10-12,14-15,19-20H,3-9,13,16-17H2,1-2H3/t19-,20+/m0/s1. The topological polar surface area (TPSA) is 55.8 Å². The highest BCUT2D eigenvalue weighted by Crippen LogP contribution is 2.27. The fraction of sp³-hybridized carbons (Fsp3) is 0.636. The minimum absolute atomic E-state index is 0.355. The number of nitrogens with zero attached hydrogens (tertiary/aromatic N) is 1. The summed E-state index contributed by atoms with van der Waals surface area (Å²) in [5.41, 5.74) is 0.969. The molecule has 0 aromatic heterocycles. The zero-order valence-corrected chi connectivity index (χ0v) is 16.7. The molecule has 0 N–H and O–H groups in total. The fourth-order valence-electron chi connectivity index (χ4n) is 3.61. The van der Waals surface area contributed by atoms with E-state index in [0.717, 1.165) is 18.4 Å². The van der Waals surface area contributed by atoms with Gasteiger partial charge in [0.05, 0.1) is 13.7 Å². The maximum Gasteiger partial charge on any atom is 0.411 e. The molecule has 1 saturated heterocycles. The maximum absolute atomic E-state index is 12.4. The van der Waals surface area contributed by atoms with Crippen molar-refractivity contribution in [2.75, 3.05) is 7.11 Å². The second-order valence-corrected chi connectivity index (χ2v) is 7.27. The van der Waals surface area contributed by atoms with Gasteiger partial charge in [0.15, 0.2) is 6.04 Å². The van der Waals surface area contributed by atoms with Crippen molar-refractivity contribution in [2.24, 2.45) is 0 Å². The van der Waals surface area contributed by atoms with E-state index >= 15 is 0 Å². The highest BCUT2D eigenvalue weighted by Gasteiger charge is 2.46. The van der Waals surface area contributed by atoms with Crippen molar-refractivity contribution in [3.63, 3.8) is 0 Å². The molecule has 1 aliphatic heterocycles. The number of ether oxygens (including phenoxy) is 2. The molecule has 0 aliphatic carbocycles. The van der Waals surface area contributed by atoms with Gasteiger partial charge in [-0.15, -0.1) is 0 Å². The molecule has 150 valence electrons. The summed E-state index contributed by atoms with van der Waals surface area (Å²) in [4.78, 5) is 26.2. The molecule has 0 spiro atoms. The van der Waals surface area contributed by atoms with Crippen LogP contribution in [0.4, 0.5) is 4.79 Å². The molecule has 1 heterocycles. The molecular formula is C22H33NO4. The Morgan fingerprint density at radius 3 is 2.30 bits per heavy atom. The summed E-state index contributed by atoms with van der Waals surface area (Å²) in [6, 6.07) is 8.98. The normalized spacial score (nSPS) is 19.2. The Hall–Kier alpha value is -2.04. The van der Waals surface area contributed by atoms with E-state index in [4.69, 9.17) is 9.47 Å². The average molecular weight is 376 g/mol. The molecule has 0 saturated carbocycles. The van der Waals surface area contributed by atoms with E-state index in [9.17, 15) is 9.59 Å². The van der Waals surface area contributed by atoms with Crippen molar-refractivity contribution >= 4 is 12.1 Å². The Labute approximate surface area is 163 Å². The quantitative estimate of drug-likeness (QED) is 0.378. The van der Waals surface area contributed by atoms with E-state index in [2.05, 4.69) is 6.92 Å². The van der Waals surface area contributed by atoms with Crippen LogP contribution in [0.25, 0.3) is 0 Å². The van der Waals surface area contributed by atoms with E-state index in [1.54, 1.807) is 0 Å². The molecule has 2 rings (SSSR count). The maximum atomic E-state index is 12.4. The van der Waals surface area contributed by atoms with E-state index in [1.165, 1.54) is 50.5 Å². The second-order valence-electron chi connectivity index (χ2n) is 7.27. The van der Waals surface area contributed by atoms with E-state index in [-0.39, 0.29) is 0 Å². The molecule has 1 amide bonds. The number of hydrogen-bond donors (Lipinski definition) is 0. The van der Waals surface area contributed by atoms with Gasteiger partial charge in [-0.1, -0.05) is 82.2 Å². The lowest BCUT2D eigenvalue weighted by Crippen LogP contribution is -2.43. The Morgan fingerprint density at radius 1 is 1.04 bits per heavy atom. The predicted molar refractivity (Wildman–Crippen MR) is 105 cm³/mol. The van der Waals surface area contributed by atoms with E-state index in [1.807, 2.05) is 30.3 Å². The summed E-state index contributed by atoms with van der Waals surface area (Å²) in [5.74, 6) is -0.402. The Morgan fingerprint density at radius 2 is 1.67 bits per heavy atom.